The molecule has 172 valence electrons. The molecule has 12 heteroatoms. The predicted molar refractivity (Wildman–Crippen MR) is 125 cm³/mol. The number of thiazole rings is 1. The quantitative estimate of drug-likeness (QED) is 0.390. The minimum Gasteiger partial charge on any atom is -0.422 e. The molecule has 2 amide bonds. The molecule has 4 aromatic rings. The van der Waals surface area contributed by atoms with Crippen LogP contribution in [-0.2, 0) is 16.0 Å². The Bertz CT molecular complexity index is 1420. The molecule has 0 radical (unpaired) electrons. The maximum absolute atomic E-state index is 13.2. The summed E-state index contributed by atoms with van der Waals surface area (Å²) in [4.78, 5) is 32.2. The first-order valence-electron chi connectivity index (χ1n) is 10.1. The molecular formula is C22H17FN6O3S2. The van der Waals surface area contributed by atoms with Crippen LogP contribution in [-0.4, -0.2) is 37.2 Å². The smallest absolute Gasteiger partial charge is 0.245 e. The number of pyridine rings is 1. The normalized spacial score (nSPS) is 16.6. The van der Waals surface area contributed by atoms with Gasteiger partial charge >= 0.3 is 0 Å². The SMILES string of the molecule is C=C1NC(=O)C(Cc2nnc(C(NC(C)=O)c3nc4ccc(-c5ccc(F)nc5)cc4s3)o2)S1. The van der Waals surface area contributed by atoms with Crippen molar-refractivity contribution in [2.24, 2.45) is 0 Å². The first-order valence-corrected chi connectivity index (χ1v) is 11.8. The molecule has 0 bridgehead atoms. The van der Waals surface area contributed by atoms with Gasteiger partial charge in [-0.25, -0.2) is 9.97 Å². The third-order valence-electron chi connectivity index (χ3n) is 4.99. The molecule has 2 unspecified atom stereocenters. The molecule has 2 N–H and O–H groups in total. The highest BCUT2D eigenvalue weighted by Crippen LogP contribution is 2.33. The van der Waals surface area contributed by atoms with Crippen LogP contribution in [0.3, 0.4) is 0 Å². The van der Waals surface area contributed by atoms with Crippen molar-refractivity contribution in [1.82, 2.24) is 30.8 Å². The van der Waals surface area contributed by atoms with Crippen LogP contribution in [0, 0.1) is 5.95 Å². The zero-order valence-electron chi connectivity index (χ0n) is 17.7. The van der Waals surface area contributed by atoms with Crippen molar-refractivity contribution in [2.75, 3.05) is 0 Å². The number of amides is 2. The molecule has 9 nitrogen and oxygen atoms in total. The van der Waals surface area contributed by atoms with Gasteiger partial charge in [-0.05, 0) is 29.8 Å². The maximum Gasteiger partial charge on any atom is 0.245 e. The molecule has 3 aromatic heterocycles. The van der Waals surface area contributed by atoms with E-state index in [0.29, 0.717) is 10.0 Å². The number of fused-ring (bicyclic) bond motifs is 1. The molecular weight excluding hydrogens is 479 g/mol. The Morgan fingerprint density at radius 1 is 1.29 bits per heavy atom. The van der Waals surface area contributed by atoms with Gasteiger partial charge in [0.15, 0.2) is 6.04 Å². The van der Waals surface area contributed by atoms with Crippen molar-refractivity contribution in [3.05, 3.63) is 70.9 Å². The number of thioether (sulfide) groups is 1. The van der Waals surface area contributed by atoms with Gasteiger partial charge in [0.25, 0.3) is 0 Å². The Morgan fingerprint density at radius 2 is 2.12 bits per heavy atom. The maximum atomic E-state index is 13.2. The van der Waals surface area contributed by atoms with Crippen LogP contribution in [0.15, 0.2) is 52.6 Å². The lowest BCUT2D eigenvalue weighted by Crippen LogP contribution is -2.27. The van der Waals surface area contributed by atoms with E-state index in [2.05, 4.69) is 37.4 Å². The summed E-state index contributed by atoms with van der Waals surface area (Å²) < 4.78 is 19.8. The van der Waals surface area contributed by atoms with Gasteiger partial charge < -0.3 is 15.1 Å². The summed E-state index contributed by atoms with van der Waals surface area (Å²) in [6.07, 6.45) is 1.71. The number of carbonyl (C=O) groups is 2. The first-order chi connectivity index (χ1) is 16.4. The summed E-state index contributed by atoms with van der Waals surface area (Å²) in [6.45, 7) is 5.13. The van der Waals surface area contributed by atoms with E-state index in [1.54, 1.807) is 6.07 Å². The largest absolute Gasteiger partial charge is 0.422 e. The van der Waals surface area contributed by atoms with Gasteiger partial charge in [0.05, 0.1) is 20.5 Å². The van der Waals surface area contributed by atoms with E-state index in [4.69, 9.17) is 4.42 Å². The summed E-state index contributed by atoms with van der Waals surface area (Å²) in [5.41, 5.74) is 2.36. The Labute approximate surface area is 200 Å². The van der Waals surface area contributed by atoms with Crippen LogP contribution in [0.1, 0.15) is 29.8 Å². The van der Waals surface area contributed by atoms with Gasteiger partial charge in [0.2, 0.25) is 29.5 Å². The summed E-state index contributed by atoms with van der Waals surface area (Å²) in [7, 11) is 0. The molecule has 0 saturated carbocycles. The lowest BCUT2D eigenvalue weighted by atomic mass is 10.1. The molecule has 1 aliphatic heterocycles. The fourth-order valence-corrected chi connectivity index (χ4v) is 5.40. The van der Waals surface area contributed by atoms with Crippen LogP contribution in [0.25, 0.3) is 21.3 Å². The van der Waals surface area contributed by atoms with E-state index in [1.807, 2.05) is 18.2 Å². The number of halogens is 1. The molecule has 0 aliphatic carbocycles. The Morgan fingerprint density at radius 3 is 2.82 bits per heavy atom. The lowest BCUT2D eigenvalue weighted by Gasteiger charge is -2.10. The predicted octanol–water partition coefficient (Wildman–Crippen LogP) is 3.35. The average Bonchev–Trinajstić information content (AvgIpc) is 3.51. The van der Waals surface area contributed by atoms with Crippen LogP contribution >= 0.6 is 23.1 Å². The number of benzene rings is 1. The zero-order chi connectivity index (χ0) is 23.8. The Hall–Kier alpha value is -3.64. The molecule has 34 heavy (non-hydrogen) atoms. The number of carbonyl (C=O) groups excluding carboxylic acids is 2. The van der Waals surface area contributed by atoms with Gasteiger partial charge in [0, 0.05) is 25.1 Å². The van der Waals surface area contributed by atoms with Crippen LogP contribution in [0.4, 0.5) is 4.39 Å². The van der Waals surface area contributed by atoms with Gasteiger partial charge in [0.1, 0.15) is 5.01 Å². The summed E-state index contributed by atoms with van der Waals surface area (Å²) in [5.74, 6) is -0.538. The molecule has 0 spiro atoms. The molecule has 1 aromatic carbocycles. The summed E-state index contributed by atoms with van der Waals surface area (Å²) in [5, 5.41) is 14.4. The first kappa shape index (κ1) is 22.2. The monoisotopic (exact) mass is 496 g/mol. The zero-order valence-corrected chi connectivity index (χ0v) is 19.4. The fourth-order valence-electron chi connectivity index (χ4n) is 3.46. The standard InChI is InChI=1S/C22H17FN6O3S2/c1-10(30)25-19(21-29-28-18(32-21)8-16-20(31)26-11(2)33-16)22-27-14-5-3-12(7-15(14)34-22)13-4-6-17(23)24-9-13/h3-7,9,16,19H,2,8H2,1H3,(H,25,30)(H,26,31). The summed E-state index contributed by atoms with van der Waals surface area (Å²) in [6, 6.07) is 7.87. The Kier molecular flexibility index (Phi) is 5.84. The number of rotatable bonds is 6. The van der Waals surface area contributed by atoms with Crippen molar-refractivity contribution in [2.45, 2.75) is 24.6 Å². The van der Waals surface area contributed by atoms with Crippen molar-refractivity contribution in [3.63, 3.8) is 0 Å². The molecule has 1 saturated heterocycles. The Balaban J connectivity index is 1.44. The second-order valence-corrected chi connectivity index (χ2v) is 9.85. The molecule has 4 heterocycles. The van der Waals surface area contributed by atoms with E-state index < -0.39 is 17.2 Å². The minimum absolute atomic E-state index is 0.161. The number of aromatic nitrogens is 4. The van der Waals surface area contributed by atoms with Crippen LogP contribution < -0.4 is 10.6 Å². The fraction of sp³-hybridized carbons (Fsp3) is 0.182. The highest BCUT2D eigenvalue weighted by atomic mass is 32.2. The second-order valence-electron chi connectivity index (χ2n) is 7.49. The number of hydrogen-bond acceptors (Lipinski definition) is 9. The van der Waals surface area contributed by atoms with Crippen molar-refractivity contribution >= 4 is 45.1 Å². The topological polar surface area (TPSA) is 123 Å². The van der Waals surface area contributed by atoms with Crippen molar-refractivity contribution in [3.8, 4) is 11.1 Å². The minimum atomic E-state index is -0.743. The third kappa shape index (κ3) is 4.54. The van der Waals surface area contributed by atoms with Gasteiger partial charge in [-0.3, -0.25) is 9.59 Å². The highest BCUT2D eigenvalue weighted by molar-refractivity contribution is 8.04. The van der Waals surface area contributed by atoms with E-state index in [-0.39, 0.29) is 30.0 Å². The van der Waals surface area contributed by atoms with Gasteiger partial charge in [-0.1, -0.05) is 24.4 Å². The van der Waals surface area contributed by atoms with E-state index in [1.165, 1.54) is 42.3 Å². The van der Waals surface area contributed by atoms with Crippen molar-refractivity contribution < 1.29 is 18.4 Å². The number of hydrogen-bond donors (Lipinski definition) is 2. The number of nitrogens with zero attached hydrogens (tertiary/aromatic N) is 4. The summed E-state index contributed by atoms with van der Waals surface area (Å²) >= 11 is 2.68. The highest BCUT2D eigenvalue weighted by Gasteiger charge is 2.31. The molecule has 2 atom stereocenters. The van der Waals surface area contributed by atoms with Gasteiger partial charge in [-0.15, -0.1) is 21.5 Å². The molecule has 1 fully saturated rings. The molecule has 1 aliphatic rings. The average molecular weight is 497 g/mol. The third-order valence-corrected chi connectivity index (χ3v) is 7.12. The van der Waals surface area contributed by atoms with E-state index in [0.717, 1.165) is 21.3 Å². The molecule has 5 rings (SSSR count). The number of nitrogens with one attached hydrogen (secondary N) is 2. The van der Waals surface area contributed by atoms with Crippen molar-refractivity contribution in [1.29, 1.82) is 0 Å². The van der Waals surface area contributed by atoms with E-state index >= 15 is 0 Å². The van der Waals surface area contributed by atoms with Gasteiger partial charge in [-0.2, -0.15) is 4.39 Å². The van der Waals surface area contributed by atoms with E-state index in [9.17, 15) is 14.0 Å². The van der Waals surface area contributed by atoms with Crippen LogP contribution in [0.2, 0.25) is 0 Å². The van der Waals surface area contributed by atoms with Crippen LogP contribution in [0.5, 0.6) is 0 Å². The lowest BCUT2D eigenvalue weighted by molar-refractivity contribution is -0.120. The second kappa shape index (κ2) is 8.95.